The van der Waals surface area contributed by atoms with Crippen molar-refractivity contribution in [2.75, 3.05) is 19.1 Å². The molecule has 0 unspecified atom stereocenters. The molecule has 1 aliphatic heterocycles. The monoisotopic (exact) mass is 323 g/mol. The van der Waals surface area contributed by atoms with Gasteiger partial charge in [-0.25, -0.2) is 0 Å². The van der Waals surface area contributed by atoms with Gasteiger partial charge in [0.1, 0.15) is 5.75 Å². The SMILES string of the molecule is COc1ccc(Br)c2nc3c(c(NN)c12)COCC3. The molecule has 0 bridgehead atoms. The lowest BCUT2D eigenvalue weighted by atomic mass is 10.0. The van der Waals surface area contributed by atoms with Gasteiger partial charge in [0.25, 0.3) is 0 Å². The first-order valence-electron chi connectivity index (χ1n) is 5.98. The zero-order chi connectivity index (χ0) is 13.4. The lowest BCUT2D eigenvalue weighted by molar-refractivity contribution is 0.110. The minimum atomic E-state index is 0.521. The summed E-state index contributed by atoms with van der Waals surface area (Å²) in [4.78, 5) is 4.73. The van der Waals surface area contributed by atoms with Crippen LogP contribution in [0.4, 0.5) is 5.69 Å². The van der Waals surface area contributed by atoms with E-state index in [0.29, 0.717) is 13.2 Å². The Morgan fingerprint density at radius 2 is 2.32 bits per heavy atom. The third-order valence-corrected chi connectivity index (χ3v) is 3.97. The summed E-state index contributed by atoms with van der Waals surface area (Å²) < 4.78 is 11.8. The van der Waals surface area contributed by atoms with Crippen LogP contribution < -0.4 is 16.0 Å². The van der Waals surface area contributed by atoms with Gasteiger partial charge < -0.3 is 14.9 Å². The Labute approximate surface area is 119 Å². The number of nitrogens with two attached hydrogens (primary N) is 1. The van der Waals surface area contributed by atoms with E-state index in [0.717, 1.165) is 44.5 Å². The van der Waals surface area contributed by atoms with E-state index in [1.807, 2.05) is 12.1 Å². The molecule has 19 heavy (non-hydrogen) atoms. The number of nitrogen functional groups attached to an aromatic ring is 1. The predicted molar refractivity (Wildman–Crippen MR) is 77.2 cm³/mol. The van der Waals surface area contributed by atoms with E-state index in [1.54, 1.807) is 7.11 Å². The molecule has 1 aromatic heterocycles. The van der Waals surface area contributed by atoms with Gasteiger partial charge in [0, 0.05) is 16.5 Å². The second-order valence-corrected chi connectivity index (χ2v) is 5.19. The fraction of sp³-hybridized carbons (Fsp3) is 0.308. The Kier molecular flexibility index (Phi) is 3.30. The summed E-state index contributed by atoms with van der Waals surface area (Å²) >= 11 is 3.53. The van der Waals surface area contributed by atoms with Gasteiger partial charge in [-0.1, -0.05) is 0 Å². The smallest absolute Gasteiger partial charge is 0.130 e. The molecule has 0 saturated heterocycles. The maximum Gasteiger partial charge on any atom is 0.130 e. The number of ether oxygens (including phenoxy) is 2. The molecule has 2 aromatic rings. The second-order valence-electron chi connectivity index (χ2n) is 4.33. The Balaban J connectivity index is 2.42. The van der Waals surface area contributed by atoms with Crippen molar-refractivity contribution >= 4 is 32.5 Å². The maximum atomic E-state index is 5.71. The van der Waals surface area contributed by atoms with Gasteiger partial charge in [0.15, 0.2) is 0 Å². The van der Waals surface area contributed by atoms with Crippen molar-refractivity contribution in [1.29, 1.82) is 0 Å². The van der Waals surface area contributed by atoms with Crippen LogP contribution in [0.2, 0.25) is 0 Å². The minimum Gasteiger partial charge on any atom is -0.496 e. The zero-order valence-electron chi connectivity index (χ0n) is 10.5. The van der Waals surface area contributed by atoms with Crippen LogP contribution in [0.25, 0.3) is 10.9 Å². The first-order chi connectivity index (χ1) is 9.26. The van der Waals surface area contributed by atoms with E-state index < -0.39 is 0 Å². The van der Waals surface area contributed by atoms with Gasteiger partial charge in [-0.2, -0.15) is 0 Å². The van der Waals surface area contributed by atoms with E-state index in [9.17, 15) is 0 Å². The molecule has 0 saturated carbocycles. The van der Waals surface area contributed by atoms with Crippen molar-refractivity contribution in [3.8, 4) is 5.75 Å². The Morgan fingerprint density at radius 3 is 3.05 bits per heavy atom. The molecular formula is C13H14BrN3O2. The highest BCUT2D eigenvalue weighted by Crippen LogP contribution is 2.39. The highest BCUT2D eigenvalue weighted by molar-refractivity contribution is 9.10. The van der Waals surface area contributed by atoms with Crippen LogP contribution in [0, 0.1) is 0 Å². The second kappa shape index (κ2) is 4.96. The molecule has 100 valence electrons. The number of hydrazine groups is 1. The summed E-state index contributed by atoms with van der Waals surface area (Å²) in [7, 11) is 1.64. The van der Waals surface area contributed by atoms with E-state index in [2.05, 4.69) is 21.4 Å². The van der Waals surface area contributed by atoms with Gasteiger partial charge in [-0.3, -0.25) is 10.8 Å². The highest BCUT2D eigenvalue weighted by atomic mass is 79.9. The van der Waals surface area contributed by atoms with Crippen molar-refractivity contribution in [3.05, 3.63) is 27.9 Å². The molecule has 6 heteroatoms. The summed E-state index contributed by atoms with van der Waals surface area (Å²) in [6.45, 7) is 1.21. The molecule has 0 fully saturated rings. The van der Waals surface area contributed by atoms with E-state index >= 15 is 0 Å². The molecule has 0 atom stereocenters. The van der Waals surface area contributed by atoms with Crippen molar-refractivity contribution < 1.29 is 9.47 Å². The zero-order valence-corrected chi connectivity index (χ0v) is 12.1. The maximum absolute atomic E-state index is 5.71. The van der Waals surface area contributed by atoms with Crippen LogP contribution >= 0.6 is 15.9 Å². The predicted octanol–water partition coefficient (Wildman–Crippen LogP) is 2.36. The molecule has 3 N–H and O–H groups in total. The van der Waals surface area contributed by atoms with E-state index in [1.165, 1.54) is 0 Å². The van der Waals surface area contributed by atoms with Gasteiger partial charge >= 0.3 is 0 Å². The van der Waals surface area contributed by atoms with E-state index in [4.69, 9.17) is 20.3 Å². The van der Waals surface area contributed by atoms with E-state index in [-0.39, 0.29) is 0 Å². The quantitative estimate of drug-likeness (QED) is 0.656. The molecule has 0 spiro atoms. The number of pyridine rings is 1. The van der Waals surface area contributed by atoms with Gasteiger partial charge in [-0.05, 0) is 28.1 Å². The number of rotatable bonds is 2. The lowest BCUT2D eigenvalue weighted by Gasteiger charge is -2.22. The first-order valence-corrected chi connectivity index (χ1v) is 6.78. The lowest BCUT2D eigenvalue weighted by Crippen LogP contribution is -2.18. The normalized spacial score (nSPS) is 14.3. The third kappa shape index (κ3) is 1.96. The van der Waals surface area contributed by atoms with Gasteiger partial charge in [0.05, 0.1) is 42.6 Å². The molecule has 0 radical (unpaired) electrons. The van der Waals surface area contributed by atoms with Crippen molar-refractivity contribution in [2.45, 2.75) is 13.0 Å². The molecular weight excluding hydrogens is 310 g/mol. The van der Waals surface area contributed by atoms with Crippen LogP contribution in [-0.2, 0) is 17.8 Å². The summed E-state index contributed by atoms with van der Waals surface area (Å²) in [6.07, 6.45) is 0.795. The Bertz CT molecular complexity index is 646. The highest BCUT2D eigenvalue weighted by Gasteiger charge is 2.21. The van der Waals surface area contributed by atoms with Crippen LogP contribution in [0.1, 0.15) is 11.3 Å². The number of nitrogens with one attached hydrogen (secondary N) is 1. The fourth-order valence-electron chi connectivity index (χ4n) is 2.43. The van der Waals surface area contributed by atoms with Crippen LogP contribution in [-0.4, -0.2) is 18.7 Å². The molecule has 1 aromatic carbocycles. The van der Waals surface area contributed by atoms with Crippen molar-refractivity contribution in [1.82, 2.24) is 4.98 Å². The summed E-state index contributed by atoms with van der Waals surface area (Å²) in [5, 5.41) is 0.878. The molecule has 3 rings (SSSR count). The number of anilines is 1. The Hall–Kier alpha value is -1.37. The number of benzene rings is 1. The first kappa shape index (κ1) is 12.7. The van der Waals surface area contributed by atoms with Crippen LogP contribution in [0.5, 0.6) is 5.75 Å². The number of aromatic nitrogens is 1. The topological polar surface area (TPSA) is 69.4 Å². The molecule has 2 heterocycles. The third-order valence-electron chi connectivity index (χ3n) is 3.33. The van der Waals surface area contributed by atoms with Gasteiger partial charge in [0.2, 0.25) is 0 Å². The summed E-state index contributed by atoms with van der Waals surface area (Å²) in [5.74, 6) is 6.45. The van der Waals surface area contributed by atoms with Gasteiger partial charge in [-0.15, -0.1) is 0 Å². The average molecular weight is 324 g/mol. The summed E-state index contributed by atoms with van der Waals surface area (Å²) in [5.41, 5.74) is 6.51. The number of hydrogen-bond donors (Lipinski definition) is 2. The van der Waals surface area contributed by atoms with Crippen LogP contribution in [0.15, 0.2) is 16.6 Å². The largest absolute Gasteiger partial charge is 0.496 e. The van der Waals surface area contributed by atoms with Crippen molar-refractivity contribution in [2.24, 2.45) is 5.84 Å². The molecule has 0 amide bonds. The van der Waals surface area contributed by atoms with Crippen LogP contribution in [0.3, 0.4) is 0 Å². The molecule has 0 aliphatic carbocycles. The summed E-state index contributed by atoms with van der Waals surface area (Å²) in [6, 6.07) is 3.82. The number of methoxy groups -OCH3 is 1. The standard InChI is InChI=1S/C13H14BrN3O2/c1-18-10-3-2-8(14)13-11(10)12(17-15)7-6-19-5-4-9(7)16-13/h2-3H,4-6,15H2,1H3,(H,16,17). The Morgan fingerprint density at radius 1 is 1.47 bits per heavy atom. The number of fused-ring (bicyclic) bond motifs is 2. The fourth-order valence-corrected chi connectivity index (χ4v) is 2.85. The number of hydrogen-bond acceptors (Lipinski definition) is 5. The molecule has 1 aliphatic rings. The number of halogens is 1. The number of nitrogens with zero attached hydrogens (tertiary/aromatic N) is 1. The minimum absolute atomic E-state index is 0.521. The average Bonchev–Trinajstić information content (AvgIpc) is 2.46. The van der Waals surface area contributed by atoms with Crippen molar-refractivity contribution in [3.63, 3.8) is 0 Å². The molecule has 5 nitrogen and oxygen atoms in total.